The number of aryl methyl sites for hydroxylation is 1. The van der Waals surface area contributed by atoms with Crippen LogP contribution < -0.4 is 15.5 Å². The zero-order valence-electron chi connectivity index (χ0n) is 25.4. The Bertz CT molecular complexity index is 1460. The Morgan fingerprint density at radius 3 is 2.47 bits per heavy atom. The molecular formula is C30H38N6O9. The van der Waals surface area contributed by atoms with E-state index in [9.17, 15) is 33.9 Å². The average molecular weight is 627 g/mol. The molecule has 15 heteroatoms. The number of carbonyl (C=O) groups excluding carboxylic acids is 5. The summed E-state index contributed by atoms with van der Waals surface area (Å²) in [4.78, 5) is 82.1. The zero-order valence-corrected chi connectivity index (χ0v) is 25.4. The van der Waals surface area contributed by atoms with E-state index in [4.69, 9.17) is 9.47 Å². The van der Waals surface area contributed by atoms with Crippen LogP contribution in [0.2, 0.25) is 0 Å². The van der Waals surface area contributed by atoms with E-state index >= 15 is 0 Å². The number of carboxylic acid groups (broad SMARTS) is 1. The average Bonchev–Trinajstić information content (AvgIpc) is 3.47. The van der Waals surface area contributed by atoms with Gasteiger partial charge in [-0.3, -0.25) is 34.4 Å². The van der Waals surface area contributed by atoms with Crippen LogP contribution in [-0.2, 0) is 23.9 Å². The van der Waals surface area contributed by atoms with Crippen LogP contribution in [0.15, 0.2) is 24.3 Å². The summed E-state index contributed by atoms with van der Waals surface area (Å²) in [6, 6.07) is 5.49. The highest BCUT2D eigenvalue weighted by Gasteiger charge is 2.31. The molecule has 2 aliphatic heterocycles. The standard InChI is InChI=1S/C30H38N6O9/c1-3-4-15-44-30(43)35-13-11-34(12-14-35)29(42)21(7-8-27(39)40)32-28(41)23-17-24(20-6-5-19(2)16-22(20)31-23)45-18-26(38)36-10-9-25(37)33-36/h5-6,16-17,21H,3-4,7-15,18H2,1-2H3,(H,32,41)(H,33,37)(H,39,40)/t21-/m0/s1. The molecule has 0 aliphatic carbocycles. The first kappa shape index (κ1) is 33.0. The van der Waals surface area contributed by atoms with Gasteiger partial charge >= 0.3 is 12.1 Å². The van der Waals surface area contributed by atoms with Gasteiger partial charge in [0.25, 0.3) is 11.8 Å². The lowest BCUT2D eigenvalue weighted by molar-refractivity contribution is -0.138. The number of nitrogens with one attached hydrogen (secondary N) is 2. The van der Waals surface area contributed by atoms with Crippen LogP contribution in [0.3, 0.4) is 0 Å². The molecule has 242 valence electrons. The van der Waals surface area contributed by atoms with Crippen LogP contribution in [0, 0.1) is 6.92 Å². The molecule has 45 heavy (non-hydrogen) atoms. The second-order valence-corrected chi connectivity index (χ2v) is 10.9. The number of hydrogen-bond acceptors (Lipinski definition) is 9. The number of amides is 5. The molecule has 3 heterocycles. The number of fused-ring (bicyclic) bond motifs is 1. The summed E-state index contributed by atoms with van der Waals surface area (Å²) in [7, 11) is 0. The van der Waals surface area contributed by atoms with Crippen molar-refractivity contribution in [3.05, 3.63) is 35.5 Å². The molecule has 15 nitrogen and oxygen atoms in total. The number of unbranched alkanes of at least 4 members (excludes halogenated alkanes) is 1. The summed E-state index contributed by atoms with van der Waals surface area (Å²) in [5.74, 6) is -2.89. The first-order valence-electron chi connectivity index (χ1n) is 14.9. The second kappa shape index (κ2) is 15.2. The van der Waals surface area contributed by atoms with Crippen LogP contribution in [0.1, 0.15) is 55.1 Å². The molecule has 1 aromatic carbocycles. The Morgan fingerprint density at radius 1 is 1.07 bits per heavy atom. The van der Waals surface area contributed by atoms with Gasteiger partial charge in [0.05, 0.1) is 18.7 Å². The fourth-order valence-electron chi connectivity index (χ4n) is 4.90. The van der Waals surface area contributed by atoms with Gasteiger partial charge in [-0.15, -0.1) is 0 Å². The number of hydrazine groups is 1. The van der Waals surface area contributed by atoms with Crippen LogP contribution in [-0.4, -0.2) is 113 Å². The number of pyridine rings is 1. The molecule has 1 atom stereocenters. The normalized spacial score (nSPS) is 15.4. The van der Waals surface area contributed by atoms with Crippen molar-refractivity contribution in [3.8, 4) is 5.75 Å². The summed E-state index contributed by atoms with van der Waals surface area (Å²) < 4.78 is 11.0. The third-order valence-electron chi connectivity index (χ3n) is 7.46. The predicted octanol–water partition coefficient (Wildman–Crippen LogP) is 1.23. The first-order chi connectivity index (χ1) is 21.5. The molecule has 2 saturated heterocycles. The molecule has 2 aromatic rings. The Morgan fingerprint density at radius 2 is 1.80 bits per heavy atom. The molecular weight excluding hydrogens is 588 g/mol. The SMILES string of the molecule is CCCCOC(=O)N1CCN(C(=O)[C@H](CCC(=O)O)NC(=O)c2cc(OCC(=O)N3CCC(=O)N3)c3ccc(C)cc3n2)CC1. The molecule has 1 aromatic heterocycles. The summed E-state index contributed by atoms with van der Waals surface area (Å²) in [5.41, 5.74) is 3.62. The summed E-state index contributed by atoms with van der Waals surface area (Å²) in [6.45, 7) is 4.82. The van der Waals surface area contributed by atoms with E-state index in [0.717, 1.165) is 23.4 Å². The highest BCUT2D eigenvalue weighted by atomic mass is 16.6. The summed E-state index contributed by atoms with van der Waals surface area (Å²) in [6.07, 6.45) is 0.857. The second-order valence-electron chi connectivity index (χ2n) is 10.9. The number of hydrogen-bond donors (Lipinski definition) is 3. The van der Waals surface area contributed by atoms with Gasteiger partial charge in [-0.2, -0.15) is 0 Å². The number of ether oxygens (including phenoxy) is 2. The quantitative estimate of drug-likeness (QED) is 0.289. The number of rotatable bonds is 12. The minimum Gasteiger partial charge on any atom is -0.483 e. The largest absolute Gasteiger partial charge is 0.483 e. The number of carboxylic acids is 1. The van der Waals surface area contributed by atoms with E-state index < -0.39 is 42.4 Å². The fourth-order valence-corrected chi connectivity index (χ4v) is 4.90. The maximum Gasteiger partial charge on any atom is 0.409 e. The van der Waals surface area contributed by atoms with Gasteiger partial charge in [-0.25, -0.2) is 9.78 Å². The smallest absolute Gasteiger partial charge is 0.409 e. The van der Waals surface area contributed by atoms with E-state index in [1.54, 1.807) is 12.1 Å². The fraction of sp³-hybridized carbons (Fsp3) is 0.500. The monoisotopic (exact) mass is 626 g/mol. The number of carbonyl (C=O) groups is 6. The number of piperazine rings is 1. The molecule has 2 fully saturated rings. The molecule has 0 saturated carbocycles. The Balaban J connectivity index is 1.47. The highest BCUT2D eigenvalue weighted by Crippen LogP contribution is 2.27. The van der Waals surface area contributed by atoms with Gasteiger partial charge in [0.1, 0.15) is 17.5 Å². The van der Waals surface area contributed by atoms with Crippen LogP contribution in [0.5, 0.6) is 5.75 Å². The third-order valence-corrected chi connectivity index (χ3v) is 7.46. The first-order valence-corrected chi connectivity index (χ1v) is 14.9. The van der Waals surface area contributed by atoms with E-state index in [-0.39, 0.29) is 69.3 Å². The van der Waals surface area contributed by atoms with E-state index in [1.165, 1.54) is 15.9 Å². The lowest BCUT2D eigenvalue weighted by Crippen LogP contribution is -2.56. The minimum atomic E-state index is -1.17. The van der Waals surface area contributed by atoms with Gasteiger partial charge in [-0.05, 0) is 37.5 Å². The highest BCUT2D eigenvalue weighted by molar-refractivity contribution is 5.99. The molecule has 5 amide bonds. The van der Waals surface area contributed by atoms with Gasteiger partial charge in [0.2, 0.25) is 11.8 Å². The van der Waals surface area contributed by atoms with Crippen molar-refractivity contribution in [3.63, 3.8) is 0 Å². The topological polar surface area (TPSA) is 188 Å². The van der Waals surface area contributed by atoms with Crippen molar-refractivity contribution in [2.45, 2.75) is 52.0 Å². The van der Waals surface area contributed by atoms with Gasteiger partial charge in [-0.1, -0.05) is 19.4 Å². The Kier molecular flexibility index (Phi) is 11.1. The maximum atomic E-state index is 13.5. The Labute approximate surface area is 259 Å². The van der Waals surface area contributed by atoms with Crippen LogP contribution >= 0.6 is 0 Å². The molecule has 0 bridgehead atoms. The lowest BCUT2D eigenvalue weighted by Gasteiger charge is -2.36. The van der Waals surface area contributed by atoms with Crippen molar-refractivity contribution < 1.29 is 43.3 Å². The van der Waals surface area contributed by atoms with Crippen molar-refractivity contribution in [1.29, 1.82) is 0 Å². The zero-order chi connectivity index (χ0) is 32.5. The maximum absolute atomic E-state index is 13.5. The van der Waals surface area contributed by atoms with Gasteiger partial charge in [0, 0.05) is 50.5 Å². The van der Waals surface area contributed by atoms with Crippen LogP contribution in [0.25, 0.3) is 10.9 Å². The van der Waals surface area contributed by atoms with Gasteiger partial charge in [0.15, 0.2) is 6.61 Å². The molecule has 4 rings (SSSR count). The van der Waals surface area contributed by atoms with Crippen molar-refractivity contribution in [1.82, 2.24) is 30.5 Å². The predicted molar refractivity (Wildman–Crippen MR) is 159 cm³/mol. The van der Waals surface area contributed by atoms with Crippen molar-refractivity contribution in [2.24, 2.45) is 0 Å². The third kappa shape index (κ3) is 8.80. The summed E-state index contributed by atoms with van der Waals surface area (Å²) in [5, 5.41) is 13.6. The Hall–Kier alpha value is -4.95. The van der Waals surface area contributed by atoms with Crippen LogP contribution in [0.4, 0.5) is 4.79 Å². The van der Waals surface area contributed by atoms with Gasteiger partial charge < -0.3 is 29.7 Å². The minimum absolute atomic E-state index is 0.0993. The van der Waals surface area contributed by atoms with E-state index in [2.05, 4.69) is 15.7 Å². The molecule has 0 spiro atoms. The van der Waals surface area contributed by atoms with Crippen molar-refractivity contribution in [2.75, 3.05) is 45.9 Å². The summed E-state index contributed by atoms with van der Waals surface area (Å²) >= 11 is 0. The number of aromatic nitrogens is 1. The lowest BCUT2D eigenvalue weighted by atomic mass is 10.1. The number of nitrogens with zero attached hydrogens (tertiary/aromatic N) is 4. The number of benzene rings is 1. The molecule has 0 unspecified atom stereocenters. The van der Waals surface area contributed by atoms with E-state index in [1.807, 2.05) is 19.9 Å². The molecule has 2 aliphatic rings. The number of aliphatic carboxylic acids is 1. The molecule has 3 N–H and O–H groups in total. The van der Waals surface area contributed by atoms with E-state index in [0.29, 0.717) is 17.5 Å². The van der Waals surface area contributed by atoms with Crippen molar-refractivity contribution >= 4 is 46.6 Å². The molecule has 0 radical (unpaired) electrons.